The SMILES string of the molecule is CC1(C(=O)NOCC(N)=O)CCCCN1. The molecule has 15 heavy (non-hydrogen) atoms. The number of piperidine rings is 1. The molecule has 1 saturated heterocycles. The fourth-order valence-electron chi connectivity index (χ4n) is 1.54. The quantitative estimate of drug-likeness (QED) is 0.527. The molecule has 6 nitrogen and oxygen atoms in total. The van der Waals surface area contributed by atoms with Crippen molar-refractivity contribution >= 4 is 11.8 Å². The van der Waals surface area contributed by atoms with Gasteiger partial charge in [-0.1, -0.05) is 0 Å². The molecule has 0 aromatic heterocycles. The molecule has 2 amide bonds. The molecule has 0 aliphatic carbocycles. The normalized spacial score (nSPS) is 25.9. The van der Waals surface area contributed by atoms with Gasteiger partial charge >= 0.3 is 0 Å². The van der Waals surface area contributed by atoms with Crippen LogP contribution in [-0.4, -0.2) is 30.5 Å². The van der Waals surface area contributed by atoms with E-state index in [0.717, 1.165) is 25.8 Å². The summed E-state index contributed by atoms with van der Waals surface area (Å²) in [6.07, 6.45) is 2.84. The van der Waals surface area contributed by atoms with Gasteiger partial charge in [-0.25, -0.2) is 5.48 Å². The summed E-state index contributed by atoms with van der Waals surface area (Å²) >= 11 is 0. The summed E-state index contributed by atoms with van der Waals surface area (Å²) in [6.45, 7) is 2.33. The van der Waals surface area contributed by atoms with Gasteiger partial charge in [-0.2, -0.15) is 0 Å². The molecule has 1 atom stereocenters. The zero-order valence-electron chi connectivity index (χ0n) is 8.84. The first-order valence-corrected chi connectivity index (χ1v) is 5.00. The molecule has 0 bridgehead atoms. The molecule has 4 N–H and O–H groups in total. The van der Waals surface area contributed by atoms with Crippen LogP contribution >= 0.6 is 0 Å². The number of nitrogens with one attached hydrogen (secondary N) is 2. The zero-order valence-corrected chi connectivity index (χ0v) is 8.84. The maximum atomic E-state index is 11.7. The van der Waals surface area contributed by atoms with E-state index in [1.165, 1.54) is 0 Å². The predicted octanol–water partition coefficient (Wildman–Crippen LogP) is -0.948. The third-order valence-electron chi connectivity index (χ3n) is 2.50. The maximum absolute atomic E-state index is 11.7. The van der Waals surface area contributed by atoms with Crippen molar-refractivity contribution in [3.8, 4) is 0 Å². The average molecular weight is 215 g/mol. The third-order valence-corrected chi connectivity index (χ3v) is 2.50. The number of carbonyl (C=O) groups is 2. The summed E-state index contributed by atoms with van der Waals surface area (Å²) < 4.78 is 0. The van der Waals surface area contributed by atoms with Gasteiger partial charge in [0.05, 0.1) is 5.54 Å². The lowest BCUT2D eigenvalue weighted by atomic mass is 9.90. The number of nitrogens with two attached hydrogens (primary N) is 1. The molecule has 0 aromatic rings. The van der Waals surface area contributed by atoms with Crippen LogP contribution in [-0.2, 0) is 14.4 Å². The molecule has 0 aromatic carbocycles. The van der Waals surface area contributed by atoms with E-state index in [1.54, 1.807) is 0 Å². The Morgan fingerprint density at radius 3 is 2.80 bits per heavy atom. The van der Waals surface area contributed by atoms with Crippen molar-refractivity contribution in [3.63, 3.8) is 0 Å². The number of amides is 2. The first-order valence-electron chi connectivity index (χ1n) is 5.00. The lowest BCUT2D eigenvalue weighted by molar-refractivity contribution is -0.143. The van der Waals surface area contributed by atoms with Crippen LogP contribution in [0.4, 0.5) is 0 Å². The van der Waals surface area contributed by atoms with Gasteiger partial charge in [0, 0.05) is 0 Å². The van der Waals surface area contributed by atoms with Gasteiger partial charge in [-0.15, -0.1) is 0 Å². The van der Waals surface area contributed by atoms with Crippen molar-refractivity contribution in [1.82, 2.24) is 10.8 Å². The molecule has 1 aliphatic rings. The second-order valence-electron chi connectivity index (χ2n) is 3.90. The molecule has 6 heteroatoms. The van der Waals surface area contributed by atoms with Gasteiger partial charge in [0.25, 0.3) is 5.91 Å². The van der Waals surface area contributed by atoms with Crippen LogP contribution in [0.1, 0.15) is 26.2 Å². The Morgan fingerprint density at radius 2 is 2.27 bits per heavy atom. The van der Waals surface area contributed by atoms with E-state index < -0.39 is 11.4 Å². The van der Waals surface area contributed by atoms with Gasteiger partial charge in [-0.05, 0) is 32.7 Å². The van der Waals surface area contributed by atoms with Crippen LogP contribution in [0, 0.1) is 0 Å². The third kappa shape index (κ3) is 3.49. The van der Waals surface area contributed by atoms with E-state index in [4.69, 9.17) is 5.73 Å². The molecule has 0 saturated carbocycles. The van der Waals surface area contributed by atoms with Crippen molar-refractivity contribution in [2.45, 2.75) is 31.7 Å². The summed E-state index contributed by atoms with van der Waals surface area (Å²) in [4.78, 5) is 26.7. The van der Waals surface area contributed by atoms with Crippen LogP contribution in [0.5, 0.6) is 0 Å². The van der Waals surface area contributed by atoms with Gasteiger partial charge in [-0.3, -0.25) is 14.4 Å². The van der Waals surface area contributed by atoms with Crippen LogP contribution in [0.25, 0.3) is 0 Å². The Bertz CT molecular complexity index is 249. The Hall–Kier alpha value is -1.14. The largest absolute Gasteiger partial charge is 0.368 e. The van der Waals surface area contributed by atoms with Crippen molar-refractivity contribution in [1.29, 1.82) is 0 Å². The van der Waals surface area contributed by atoms with Gasteiger partial charge in [0.1, 0.15) is 0 Å². The predicted molar refractivity (Wildman–Crippen MR) is 53.5 cm³/mol. The van der Waals surface area contributed by atoms with E-state index in [9.17, 15) is 9.59 Å². The number of hydrogen-bond acceptors (Lipinski definition) is 4. The summed E-state index contributed by atoms with van der Waals surface area (Å²) in [5.41, 5.74) is 6.48. The van der Waals surface area contributed by atoms with Crippen LogP contribution in [0.2, 0.25) is 0 Å². The highest BCUT2D eigenvalue weighted by molar-refractivity contribution is 5.85. The molecule has 1 heterocycles. The van der Waals surface area contributed by atoms with E-state index in [-0.39, 0.29) is 12.5 Å². The minimum absolute atomic E-state index is 0.261. The van der Waals surface area contributed by atoms with Crippen molar-refractivity contribution in [3.05, 3.63) is 0 Å². The first kappa shape index (κ1) is 11.9. The lowest BCUT2D eigenvalue weighted by Gasteiger charge is -2.32. The van der Waals surface area contributed by atoms with Crippen molar-refractivity contribution < 1.29 is 14.4 Å². The fraction of sp³-hybridized carbons (Fsp3) is 0.778. The minimum Gasteiger partial charge on any atom is -0.368 e. The molecule has 1 rings (SSSR count). The van der Waals surface area contributed by atoms with E-state index >= 15 is 0 Å². The number of rotatable bonds is 4. The Kier molecular flexibility index (Phi) is 4.05. The highest BCUT2D eigenvalue weighted by atomic mass is 16.7. The number of carbonyl (C=O) groups excluding carboxylic acids is 2. The first-order chi connectivity index (χ1) is 7.04. The van der Waals surface area contributed by atoms with E-state index in [1.807, 2.05) is 6.92 Å². The molecule has 1 aliphatic heterocycles. The zero-order chi connectivity index (χ0) is 11.3. The second-order valence-corrected chi connectivity index (χ2v) is 3.90. The van der Waals surface area contributed by atoms with Crippen LogP contribution in [0.15, 0.2) is 0 Å². The number of hydroxylamine groups is 1. The maximum Gasteiger partial charge on any atom is 0.263 e. The second kappa shape index (κ2) is 5.09. The molecular formula is C9H17N3O3. The summed E-state index contributed by atoms with van der Waals surface area (Å²) in [5, 5.41) is 3.13. The van der Waals surface area contributed by atoms with E-state index in [0.29, 0.717) is 0 Å². The topological polar surface area (TPSA) is 93.4 Å². The summed E-state index contributed by atoms with van der Waals surface area (Å²) in [5.74, 6) is -0.875. The Labute approximate surface area is 88.5 Å². The fourth-order valence-corrected chi connectivity index (χ4v) is 1.54. The lowest BCUT2D eigenvalue weighted by Crippen LogP contribution is -2.57. The van der Waals surface area contributed by atoms with Crippen molar-refractivity contribution in [2.75, 3.05) is 13.2 Å². The van der Waals surface area contributed by atoms with Gasteiger partial charge in [0.15, 0.2) is 6.61 Å². The molecule has 1 unspecified atom stereocenters. The van der Waals surface area contributed by atoms with Crippen LogP contribution in [0.3, 0.4) is 0 Å². The van der Waals surface area contributed by atoms with Gasteiger partial charge in [0.2, 0.25) is 5.91 Å². The van der Waals surface area contributed by atoms with Gasteiger partial charge < -0.3 is 11.1 Å². The standard InChI is InChI=1S/C9H17N3O3/c1-9(4-2-3-5-11-9)8(14)12-15-6-7(10)13/h11H,2-6H2,1H3,(H2,10,13)(H,12,14). The molecule has 86 valence electrons. The molecule has 0 spiro atoms. The summed E-state index contributed by atoms with van der Waals surface area (Å²) in [6, 6.07) is 0. The average Bonchev–Trinajstić information content (AvgIpc) is 2.18. The summed E-state index contributed by atoms with van der Waals surface area (Å²) in [7, 11) is 0. The highest BCUT2D eigenvalue weighted by Crippen LogP contribution is 2.18. The van der Waals surface area contributed by atoms with Crippen LogP contribution < -0.4 is 16.5 Å². The monoisotopic (exact) mass is 215 g/mol. The highest BCUT2D eigenvalue weighted by Gasteiger charge is 2.34. The smallest absolute Gasteiger partial charge is 0.263 e. The Morgan fingerprint density at radius 1 is 1.53 bits per heavy atom. The molecular weight excluding hydrogens is 198 g/mol. The number of hydrogen-bond donors (Lipinski definition) is 3. The van der Waals surface area contributed by atoms with Crippen molar-refractivity contribution in [2.24, 2.45) is 5.73 Å². The minimum atomic E-state index is -0.614. The number of primary amides is 1. The Balaban J connectivity index is 2.34. The molecule has 0 radical (unpaired) electrons. The molecule has 1 fully saturated rings. The van der Waals surface area contributed by atoms with E-state index in [2.05, 4.69) is 15.6 Å².